The lowest BCUT2D eigenvalue weighted by Crippen LogP contribution is -2.30. The van der Waals surface area contributed by atoms with Gasteiger partial charge in [-0.2, -0.15) is 0 Å². The number of methoxy groups -OCH3 is 1. The number of hydrogen-bond acceptors (Lipinski definition) is 2. The lowest BCUT2D eigenvalue weighted by atomic mass is 9.92. The molecule has 114 valence electrons. The van der Waals surface area contributed by atoms with E-state index in [2.05, 4.69) is 12.1 Å². The Morgan fingerprint density at radius 2 is 1.77 bits per heavy atom. The first-order valence-corrected chi connectivity index (χ1v) is 7.78. The summed E-state index contributed by atoms with van der Waals surface area (Å²) >= 11 is 0. The van der Waals surface area contributed by atoms with Crippen LogP contribution in [0.1, 0.15) is 30.7 Å². The number of para-hydroxylation sites is 2. The van der Waals surface area contributed by atoms with Gasteiger partial charge in [-0.05, 0) is 36.5 Å². The molecule has 2 aromatic carbocycles. The molecule has 0 N–H and O–H groups in total. The Morgan fingerprint density at radius 3 is 2.55 bits per heavy atom. The minimum atomic E-state index is 0.177. The van der Waals surface area contributed by atoms with Crippen molar-refractivity contribution in [2.75, 3.05) is 18.6 Å². The Labute approximate surface area is 131 Å². The van der Waals surface area contributed by atoms with Crippen LogP contribution in [0, 0.1) is 0 Å². The van der Waals surface area contributed by atoms with Crippen molar-refractivity contribution < 1.29 is 9.53 Å². The standard InChI is InChI=1S/C19H21NO2/c1-22-18-12-6-5-11-17(18)20-13-7-10-16(14-19(20)21)15-8-3-2-4-9-15/h2-6,8-9,11-12,16H,7,10,13-14H2,1H3. The molecule has 1 amide bonds. The smallest absolute Gasteiger partial charge is 0.227 e. The zero-order valence-corrected chi connectivity index (χ0v) is 12.9. The van der Waals surface area contributed by atoms with Crippen LogP contribution in [0.5, 0.6) is 5.75 Å². The second-order valence-electron chi connectivity index (χ2n) is 5.67. The maximum atomic E-state index is 12.7. The fourth-order valence-corrected chi connectivity index (χ4v) is 3.16. The summed E-state index contributed by atoms with van der Waals surface area (Å²) < 4.78 is 5.41. The molecule has 1 saturated heterocycles. The van der Waals surface area contributed by atoms with E-state index < -0.39 is 0 Å². The van der Waals surface area contributed by atoms with E-state index in [1.165, 1.54) is 5.56 Å². The number of carbonyl (C=O) groups is 1. The van der Waals surface area contributed by atoms with E-state index >= 15 is 0 Å². The number of benzene rings is 2. The van der Waals surface area contributed by atoms with Crippen molar-refractivity contribution in [2.24, 2.45) is 0 Å². The van der Waals surface area contributed by atoms with Gasteiger partial charge in [0.2, 0.25) is 5.91 Å². The van der Waals surface area contributed by atoms with Crippen LogP contribution >= 0.6 is 0 Å². The van der Waals surface area contributed by atoms with Gasteiger partial charge in [-0.3, -0.25) is 4.79 Å². The molecule has 22 heavy (non-hydrogen) atoms. The van der Waals surface area contributed by atoms with Gasteiger partial charge >= 0.3 is 0 Å². The molecule has 1 aliphatic rings. The van der Waals surface area contributed by atoms with Crippen LogP contribution in [-0.4, -0.2) is 19.6 Å². The van der Waals surface area contributed by atoms with Crippen molar-refractivity contribution in [2.45, 2.75) is 25.2 Å². The highest BCUT2D eigenvalue weighted by Gasteiger charge is 2.26. The van der Waals surface area contributed by atoms with Crippen molar-refractivity contribution in [1.82, 2.24) is 0 Å². The highest BCUT2D eigenvalue weighted by molar-refractivity contribution is 5.95. The van der Waals surface area contributed by atoms with Gasteiger partial charge in [0.15, 0.2) is 0 Å². The molecule has 0 bridgehead atoms. The Morgan fingerprint density at radius 1 is 1.05 bits per heavy atom. The number of carbonyl (C=O) groups excluding carboxylic acids is 1. The molecule has 1 unspecified atom stereocenters. The molecule has 3 heteroatoms. The molecule has 2 aromatic rings. The molecule has 3 nitrogen and oxygen atoms in total. The van der Waals surface area contributed by atoms with Gasteiger partial charge in [0.1, 0.15) is 5.75 Å². The minimum absolute atomic E-state index is 0.177. The molecule has 1 atom stereocenters. The predicted molar refractivity (Wildman–Crippen MR) is 88.4 cm³/mol. The fraction of sp³-hybridized carbons (Fsp3) is 0.316. The Balaban J connectivity index is 1.83. The first-order valence-electron chi connectivity index (χ1n) is 7.78. The van der Waals surface area contributed by atoms with E-state index in [9.17, 15) is 4.79 Å². The summed E-state index contributed by atoms with van der Waals surface area (Å²) in [4.78, 5) is 14.6. The largest absolute Gasteiger partial charge is 0.495 e. The normalized spacial score (nSPS) is 18.9. The third kappa shape index (κ3) is 2.98. The minimum Gasteiger partial charge on any atom is -0.495 e. The molecule has 0 saturated carbocycles. The Hall–Kier alpha value is -2.29. The van der Waals surface area contributed by atoms with Gasteiger partial charge in [0, 0.05) is 13.0 Å². The third-order valence-electron chi connectivity index (χ3n) is 4.30. The second-order valence-corrected chi connectivity index (χ2v) is 5.67. The van der Waals surface area contributed by atoms with Crippen LogP contribution in [0.4, 0.5) is 5.69 Å². The number of anilines is 1. The van der Waals surface area contributed by atoms with Crippen LogP contribution in [0.25, 0.3) is 0 Å². The second kappa shape index (κ2) is 6.65. The van der Waals surface area contributed by atoms with Crippen molar-refractivity contribution in [3.05, 3.63) is 60.2 Å². The van der Waals surface area contributed by atoms with Crippen LogP contribution in [0.3, 0.4) is 0 Å². The Kier molecular flexibility index (Phi) is 4.42. The molecule has 1 fully saturated rings. The van der Waals surface area contributed by atoms with Crippen LogP contribution in [0.15, 0.2) is 54.6 Å². The number of amides is 1. The summed E-state index contributed by atoms with van der Waals surface area (Å²) in [5.41, 5.74) is 2.14. The molecular formula is C19H21NO2. The first-order chi connectivity index (χ1) is 10.8. The third-order valence-corrected chi connectivity index (χ3v) is 4.30. The summed E-state index contributed by atoms with van der Waals surface area (Å²) in [6.07, 6.45) is 2.60. The van der Waals surface area contributed by atoms with E-state index in [4.69, 9.17) is 4.74 Å². The van der Waals surface area contributed by atoms with E-state index in [-0.39, 0.29) is 5.91 Å². The van der Waals surface area contributed by atoms with Gasteiger partial charge in [0.05, 0.1) is 12.8 Å². The van der Waals surface area contributed by atoms with E-state index in [1.54, 1.807) is 7.11 Å². The zero-order chi connectivity index (χ0) is 15.4. The number of ether oxygens (including phenoxy) is 1. The topological polar surface area (TPSA) is 29.5 Å². The predicted octanol–water partition coefficient (Wildman–Crippen LogP) is 4.00. The molecule has 0 spiro atoms. The number of nitrogens with zero attached hydrogens (tertiary/aromatic N) is 1. The average molecular weight is 295 g/mol. The van der Waals surface area contributed by atoms with Gasteiger partial charge in [0.25, 0.3) is 0 Å². The van der Waals surface area contributed by atoms with Crippen molar-refractivity contribution in [3.63, 3.8) is 0 Å². The van der Waals surface area contributed by atoms with Crippen LogP contribution in [0.2, 0.25) is 0 Å². The van der Waals surface area contributed by atoms with E-state index in [1.807, 2.05) is 47.4 Å². The molecule has 1 aliphatic heterocycles. The summed E-state index contributed by atoms with van der Waals surface area (Å²) in [6, 6.07) is 18.1. The maximum absolute atomic E-state index is 12.7. The summed E-state index contributed by atoms with van der Waals surface area (Å²) in [5.74, 6) is 1.25. The summed E-state index contributed by atoms with van der Waals surface area (Å²) in [5, 5.41) is 0. The SMILES string of the molecule is COc1ccccc1N1CCCC(c2ccccc2)CC1=O. The monoisotopic (exact) mass is 295 g/mol. The van der Waals surface area contributed by atoms with Crippen molar-refractivity contribution in [3.8, 4) is 5.75 Å². The fourth-order valence-electron chi connectivity index (χ4n) is 3.16. The quantitative estimate of drug-likeness (QED) is 0.856. The first kappa shape index (κ1) is 14.6. The van der Waals surface area contributed by atoms with Gasteiger partial charge in [-0.25, -0.2) is 0 Å². The molecule has 1 heterocycles. The summed E-state index contributed by atoms with van der Waals surface area (Å²) in [7, 11) is 1.65. The van der Waals surface area contributed by atoms with Crippen molar-refractivity contribution >= 4 is 11.6 Å². The Bertz CT molecular complexity index is 639. The summed E-state index contributed by atoms with van der Waals surface area (Å²) in [6.45, 7) is 0.753. The lowest BCUT2D eigenvalue weighted by molar-refractivity contribution is -0.118. The number of rotatable bonds is 3. The van der Waals surface area contributed by atoms with Crippen molar-refractivity contribution in [1.29, 1.82) is 0 Å². The zero-order valence-electron chi connectivity index (χ0n) is 12.9. The molecule has 0 aromatic heterocycles. The van der Waals surface area contributed by atoms with Crippen LogP contribution < -0.4 is 9.64 Å². The van der Waals surface area contributed by atoms with Gasteiger partial charge in [-0.1, -0.05) is 42.5 Å². The molecular weight excluding hydrogens is 274 g/mol. The molecule has 0 aliphatic carbocycles. The van der Waals surface area contributed by atoms with Gasteiger partial charge < -0.3 is 9.64 Å². The highest BCUT2D eigenvalue weighted by Crippen LogP contribution is 2.34. The van der Waals surface area contributed by atoms with Gasteiger partial charge in [-0.15, -0.1) is 0 Å². The van der Waals surface area contributed by atoms with E-state index in [0.29, 0.717) is 12.3 Å². The number of hydrogen-bond donors (Lipinski definition) is 0. The maximum Gasteiger partial charge on any atom is 0.227 e. The van der Waals surface area contributed by atoms with E-state index in [0.717, 1.165) is 30.8 Å². The molecule has 0 radical (unpaired) electrons. The highest BCUT2D eigenvalue weighted by atomic mass is 16.5. The molecule has 3 rings (SSSR count). The average Bonchev–Trinajstić information content (AvgIpc) is 2.77. The van der Waals surface area contributed by atoms with Crippen LogP contribution in [-0.2, 0) is 4.79 Å². The lowest BCUT2D eigenvalue weighted by Gasteiger charge is -2.23.